The van der Waals surface area contributed by atoms with Crippen LogP contribution in [0, 0.1) is 5.82 Å². The van der Waals surface area contributed by atoms with E-state index in [-0.39, 0.29) is 28.5 Å². The van der Waals surface area contributed by atoms with Crippen LogP contribution in [0.5, 0.6) is 0 Å². The Morgan fingerprint density at radius 1 is 1.07 bits per heavy atom. The molecule has 0 saturated carbocycles. The Hall–Kier alpha value is -2.67. The van der Waals surface area contributed by atoms with Crippen LogP contribution in [-0.2, 0) is 16.1 Å². The van der Waals surface area contributed by atoms with Crippen LogP contribution in [0.2, 0.25) is 10.0 Å². The number of aliphatic hydroxyl groups is 1. The van der Waals surface area contributed by atoms with Gasteiger partial charge in [-0.1, -0.05) is 41.4 Å². The second-order valence-electron chi connectivity index (χ2n) is 6.69. The summed E-state index contributed by atoms with van der Waals surface area (Å²) in [4.78, 5) is 28.0. The summed E-state index contributed by atoms with van der Waals surface area (Å²) in [5, 5.41) is 13.3. The van der Waals surface area contributed by atoms with Crippen molar-refractivity contribution in [2.75, 3.05) is 0 Å². The normalized spacial score (nSPS) is 18.2. The second-order valence-corrected chi connectivity index (χ2v) is 8.53. The average molecular weight is 462 g/mol. The number of ketones is 1. The lowest BCUT2D eigenvalue weighted by atomic mass is 9.95. The summed E-state index contributed by atoms with van der Waals surface area (Å²) < 4.78 is 13.5. The van der Waals surface area contributed by atoms with E-state index >= 15 is 0 Å². The molecular formula is C22H14Cl2FNO3S. The van der Waals surface area contributed by atoms with Crippen LogP contribution in [0.15, 0.2) is 65.6 Å². The molecule has 2 aromatic carbocycles. The number of hydrogen-bond donors (Lipinski definition) is 1. The first-order chi connectivity index (χ1) is 14.4. The van der Waals surface area contributed by atoms with Crippen LogP contribution in [0.3, 0.4) is 0 Å². The molecule has 8 heteroatoms. The summed E-state index contributed by atoms with van der Waals surface area (Å²) in [5.74, 6) is -2.36. The second kappa shape index (κ2) is 8.22. The lowest BCUT2D eigenvalue weighted by Crippen LogP contribution is -2.28. The van der Waals surface area contributed by atoms with Gasteiger partial charge in [-0.25, -0.2) is 4.39 Å². The highest BCUT2D eigenvalue weighted by Gasteiger charge is 2.46. The molecule has 1 saturated heterocycles. The molecule has 1 aliphatic heterocycles. The van der Waals surface area contributed by atoms with Gasteiger partial charge in [-0.3, -0.25) is 9.59 Å². The van der Waals surface area contributed by atoms with Crippen molar-refractivity contribution in [2.24, 2.45) is 0 Å². The van der Waals surface area contributed by atoms with Gasteiger partial charge in [-0.2, -0.15) is 0 Å². The minimum Gasteiger partial charge on any atom is -0.507 e. The molecule has 152 valence electrons. The SMILES string of the molecule is O=C1C(=O)N(Cc2cccs2)C(c2ccc(F)cc2)/C1=C(/O)c1ccc(Cl)c(Cl)c1. The van der Waals surface area contributed by atoms with Crippen molar-refractivity contribution in [3.8, 4) is 0 Å². The third kappa shape index (κ3) is 3.74. The van der Waals surface area contributed by atoms with Crippen LogP contribution < -0.4 is 0 Å². The molecule has 0 aliphatic carbocycles. The number of nitrogens with zero attached hydrogens (tertiary/aromatic N) is 1. The van der Waals surface area contributed by atoms with Gasteiger partial charge >= 0.3 is 0 Å². The first-order valence-electron chi connectivity index (χ1n) is 8.88. The molecule has 1 atom stereocenters. The van der Waals surface area contributed by atoms with Crippen LogP contribution in [-0.4, -0.2) is 21.7 Å². The zero-order valence-corrected chi connectivity index (χ0v) is 17.6. The molecule has 1 aliphatic rings. The van der Waals surface area contributed by atoms with Gasteiger partial charge in [0, 0.05) is 10.4 Å². The number of likely N-dealkylation sites (tertiary alicyclic amines) is 1. The molecular weight excluding hydrogens is 448 g/mol. The first-order valence-corrected chi connectivity index (χ1v) is 10.5. The van der Waals surface area contributed by atoms with Crippen LogP contribution >= 0.6 is 34.5 Å². The van der Waals surface area contributed by atoms with E-state index in [0.717, 1.165) is 4.88 Å². The number of rotatable bonds is 4. The van der Waals surface area contributed by atoms with Gasteiger partial charge in [0.05, 0.1) is 28.2 Å². The number of amides is 1. The molecule has 0 bridgehead atoms. The van der Waals surface area contributed by atoms with E-state index in [1.807, 2.05) is 17.5 Å². The van der Waals surface area contributed by atoms with Crippen molar-refractivity contribution in [2.45, 2.75) is 12.6 Å². The average Bonchev–Trinajstić information content (AvgIpc) is 3.33. The van der Waals surface area contributed by atoms with E-state index in [9.17, 15) is 19.1 Å². The fourth-order valence-electron chi connectivity index (χ4n) is 3.40. The summed E-state index contributed by atoms with van der Waals surface area (Å²) in [7, 11) is 0. The number of carbonyl (C=O) groups is 2. The molecule has 0 spiro atoms. The van der Waals surface area contributed by atoms with Crippen LogP contribution in [0.4, 0.5) is 4.39 Å². The maximum absolute atomic E-state index is 13.5. The van der Waals surface area contributed by atoms with E-state index in [0.29, 0.717) is 10.6 Å². The third-order valence-electron chi connectivity index (χ3n) is 4.83. The Morgan fingerprint density at radius 2 is 1.80 bits per heavy atom. The van der Waals surface area contributed by atoms with Crippen molar-refractivity contribution in [1.29, 1.82) is 0 Å². The topological polar surface area (TPSA) is 57.6 Å². The molecule has 4 rings (SSSR count). The molecule has 30 heavy (non-hydrogen) atoms. The molecule has 1 fully saturated rings. The number of benzene rings is 2. The molecule has 1 unspecified atom stereocenters. The fraction of sp³-hybridized carbons (Fsp3) is 0.0909. The summed E-state index contributed by atoms with van der Waals surface area (Å²) >= 11 is 13.4. The number of hydrogen-bond acceptors (Lipinski definition) is 4. The summed E-state index contributed by atoms with van der Waals surface area (Å²) in [5.41, 5.74) is 0.681. The van der Waals surface area contributed by atoms with Crippen LogP contribution in [0.25, 0.3) is 5.76 Å². The standard InChI is InChI=1S/C22H14Cl2FNO3S/c23-16-8-5-13(10-17(16)24)20(27)18-19(12-3-6-14(25)7-4-12)26(22(29)21(18)28)11-15-2-1-9-30-15/h1-10,19,27H,11H2/b20-18-. The predicted octanol–water partition coefficient (Wildman–Crippen LogP) is 5.82. The maximum Gasteiger partial charge on any atom is 0.295 e. The van der Waals surface area contributed by atoms with Gasteiger partial charge in [0.15, 0.2) is 0 Å². The third-order valence-corrected chi connectivity index (χ3v) is 6.43. The Labute approximate surface area is 185 Å². The zero-order valence-electron chi connectivity index (χ0n) is 15.3. The van der Waals surface area contributed by atoms with E-state index in [2.05, 4.69) is 0 Å². The van der Waals surface area contributed by atoms with Crippen molar-refractivity contribution in [3.05, 3.63) is 97.4 Å². The quantitative estimate of drug-likeness (QED) is 0.302. The Morgan fingerprint density at radius 3 is 2.43 bits per heavy atom. The van der Waals surface area contributed by atoms with E-state index in [4.69, 9.17) is 23.2 Å². The summed E-state index contributed by atoms with van der Waals surface area (Å²) in [6.45, 7) is 0.183. The van der Waals surface area contributed by atoms with E-state index in [1.54, 1.807) is 0 Å². The molecule has 1 N–H and O–H groups in total. The van der Waals surface area contributed by atoms with Gasteiger partial charge in [0.1, 0.15) is 11.6 Å². The first kappa shape index (κ1) is 20.6. The monoisotopic (exact) mass is 461 g/mol. The van der Waals surface area contributed by atoms with Gasteiger partial charge in [-0.15, -0.1) is 11.3 Å². The van der Waals surface area contributed by atoms with Crippen molar-refractivity contribution in [3.63, 3.8) is 0 Å². The lowest BCUT2D eigenvalue weighted by molar-refractivity contribution is -0.140. The molecule has 1 aromatic heterocycles. The molecule has 2 heterocycles. The van der Waals surface area contributed by atoms with Gasteiger partial charge < -0.3 is 10.0 Å². The molecule has 0 radical (unpaired) electrons. The number of thiophene rings is 1. The van der Waals surface area contributed by atoms with Crippen molar-refractivity contribution in [1.82, 2.24) is 4.90 Å². The zero-order chi connectivity index (χ0) is 21.4. The lowest BCUT2D eigenvalue weighted by Gasteiger charge is -2.25. The maximum atomic E-state index is 13.5. The van der Waals surface area contributed by atoms with Gasteiger partial charge in [-0.05, 0) is 47.3 Å². The predicted molar refractivity (Wildman–Crippen MR) is 115 cm³/mol. The minimum absolute atomic E-state index is 0.0819. The Balaban J connectivity index is 1.87. The van der Waals surface area contributed by atoms with Gasteiger partial charge in [0.25, 0.3) is 11.7 Å². The molecule has 1 amide bonds. The highest BCUT2D eigenvalue weighted by molar-refractivity contribution is 7.09. The van der Waals surface area contributed by atoms with Crippen molar-refractivity contribution < 1.29 is 19.1 Å². The Bertz CT molecular complexity index is 1160. The van der Waals surface area contributed by atoms with Crippen LogP contribution in [0.1, 0.15) is 22.0 Å². The fourth-order valence-corrected chi connectivity index (χ4v) is 4.40. The number of halogens is 3. The summed E-state index contributed by atoms with van der Waals surface area (Å²) in [6.07, 6.45) is 0. The number of aliphatic hydroxyl groups excluding tert-OH is 1. The summed E-state index contributed by atoms with van der Waals surface area (Å²) in [6, 6.07) is 12.7. The highest BCUT2D eigenvalue weighted by Crippen LogP contribution is 2.41. The largest absolute Gasteiger partial charge is 0.507 e. The minimum atomic E-state index is -0.873. The number of carbonyl (C=O) groups excluding carboxylic acids is 2. The number of Topliss-reactive ketones (excluding diaryl/α,β-unsaturated/α-hetero) is 1. The molecule has 3 aromatic rings. The van der Waals surface area contributed by atoms with E-state index < -0.39 is 23.5 Å². The Kier molecular flexibility index (Phi) is 5.64. The van der Waals surface area contributed by atoms with Gasteiger partial charge in [0.2, 0.25) is 0 Å². The molecule has 4 nitrogen and oxygen atoms in total. The van der Waals surface area contributed by atoms with Crippen molar-refractivity contribution >= 4 is 52.0 Å². The highest BCUT2D eigenvalue weighted by atomic mass is 35.5. The van der Waals surface area contributed by atoms with E-state index in [1.165, 1.54) is 58.7 Å². The smallest absolute Gasteiger partial charge is 0.295 e.